The molecule has 0 saturated heterocycles. The van der Waals surface area contributed by atoms with E-state index >= 15 is 0 Å². The molecule has 2 aromatic carbocycles. The number of aromatic hydroxyl groups is 1. The van der Waals surface area contributed by atoms with Crippen LogP contribution in [-0.4, -0.2) is 16.5 Å². The van der Waals surface area contributed by atoms with E-state index in [-0.39, 0.29) is 25.7 Å². The molecule has 0 aliphatic heterocycles. The van der Waals surface area contributed by atoms with E-state index in [1.807, 2.05) is 6.92 Å². The average molecular weight is 520 g/mol. The molecule has 0 saturated carbocycles. The van der Waals surface area contributed by atoms with E-state index in [0.29, 0.717) is 16.2 Å². The van der Waals surface area contributed by atoms with Gasteiger partial charge in [0.1, 0.15) is 10.2 Å². The molecular formula is C16H12BrCl2F3N2O3S. The number of aromatic amines is 1. The number of phenols is 1. The Morgan fingerprint density at radius 2 is 1.96 bits per heavy atom. The van der Waals surface area contributed by atoms with Crippen molar-refractivity contribution in [2.24, 2.45) is 0 Å². The Morgan fingerprint density at radius 1 is 1.32 bits per heavy atom. The number of hydrogen-bond donors (Lipinski definition) is 3. The zero-order chi connectivity index (χ0) is 21.2. The highest BCUT2D eigenvalue weighted by Gasteiger charge is 2.34. The molecule has 1 aromatic heterocycles. The van der Waals surface area contributed by atoms with Crippen LogP contribution >= 0.6 is 51.3 Å². The number of oxazole rings is 1. The maximum Gasteiger partial charge on any atom is 0.573 e. The first-order valence-electron chi connectivity index (χ1n) is 7.46. The topological polar surface area (TPSA) is 84.4 Å². The second-order valence-corrected chi connectivity index (χ2v) is 7.30. The molecule has 5 nitrogen and oxygen atoms in total. The van der Waals surface area contributed by atoms with E-state index in [1.54, 1.807) is 6.07 Å². The predicted octanol–water partition coefficient (Wildman–Crippen LogP) is 7.00. The number of phenolic OH excluding ortho intramolecular Hbond substituents is 1. The van der Waals surface area contributed by atoms with Gasteiger partial charge in [-0.2, -0.15) is 0 Å². The molecule has 28 heavy (non-hydrogen) atoms. The Balaban J connectivity index is 0.000000221. The summed E-state index contributed by atoms with van der Waals surface area (Å²) >= 11 is 19.0. The number of nitrogens with one attached hydrogen (secondary N) is 1. The molecule has 3 rings (SSSR count). The van der Waals surface area contributed by atoms with Crippen LogP contribution in [0.5, 0.6) is 11.5 Å². The Bertz CT molecular complexity index is 1070. The quantitative estimate of drug-likeness (QED) is 0.193. The van der Waals surface area contributed by atoms with Gasteiger partial charge in [-0.1, -0.05) is 30.1 Å². The summed E-state index contributed by atoms with van der Waals surface area (Å²) in [7, 11) is 0. The maximum atomic E-state index is 12.1. The normalized spacial score (nSPS) is 11.2. The highest BCUT2D eigenvalue weighted by molar-refractivity contribution is 9.10. The largest absolute Gasteiger partial charge is 0.573 e. The van der Waals surface area contributed by atoms with Gasteiger partial charge in [0.2, 0.25) is 0 Å². The SMILES string of the molecule is CCc1cc(Cl)cc(N)c1O.FC(F)(F)Oc1c(Cl)cc2[nH]c(=S)oc2c1Br. The molecule has 0 fully saturated rings. The monoisotopic (exact) mass is 518 g/mol. The molecular weight excluding hydrogens is 508 g/mol. The lowest BCUT2D eigenvalue weighted by Crippen LogP contribution is -2.17. The molecule has 1 heterocycles. The van der Waals surface area contributed by atoms with Crippen LogP contribution in [0.1, 0.15) is 12.5 Å². The fraction of sp³-hybridized carbons (Fsp3) is 0.188. The van der Waals surface area contributed by atoms with Gasteiger partial charge in [-0.05, 0) is 58.3 Å². The van der Waals surface area contributed by atoms with Crippen molar-refractivity contribution in [3.8, 4) is 11.5 Å². The fourth-order valence-corrected chi connectivity index (χ4v) is 3.55. The van der Waals surface area contributed by atoms with E-state index in [4.69, 9.17) is 45.6 Å². The van der Waals surface area contributed by atoms with Gasteiger partial charge in [-0.3, -0.25) is 0 Å². The molecule has 0 amide bonds. The highest BCUT2D eigenvalue weighted by atomic mass is 79.9. The molecule has 0 atom stereocenters. The molecule has 152 valence electrons. The summed E-state index contributed by atoms with van der Waals surface area (Å²) in [5.74, 6) is -0.415. The van der Waals surface area contributed by atoms with Gasteiger partial charge in [0, 0.05) is 5.02 Å². The summed E-state index contributed by atoms with van der Waals surface area (Å²) in [6.45, 7) is 1.94. The minimum atomic E-state index is -4.84. The lowest BCUT2D eigenvalue weighted by molar-refractivity contribution is -0.274. The third-order valence-corrected chi connectivity index (χ3v) is 4.75. The smallest absolute Gasteiger partial charge is 0.506 e. The van der Waals surface area contributed by atoms with Crippen LogP contribution in [0.4, 0.5) is 18.9 Å². The number of H-pyrrole nitrogens is 1. The van der Waals surface area contributed by atoms with Crippen molar-refractivity contribution in [2.45, 2.75) is 19.7 Å². The van der Waals surface area contributed by atoms with Crippen LogP contribution in [0.25, 0.3) is 11.1 Å². The van der Waals surface area contributed by atoms with E-state index in [0.717, 1.165) is 12.0 Å². The van der Waals surface area contributed by atoms with Crippen LogP contribution in [0, 0.1) is 4.84 Å². The lowest BCUT2D eigenvalue weighted by atomic mass is 10.1. The second-order valence-electron chi connectivity index (χ2n) is 5.30. The van der Waals surface area contributed by atoms with Crippen LogP contribution < -0.4 is 10.5 Å². The van der Waals surface area contributed by atoms with Crippen LogP contribution in [0.15, 0.2) is 27.1 Å². The molecule has 0 unspecified atom stereocenters. The molecule has 4 N–H and O–H groups in total. The second kappa shape index (κ2) is 8.81. The molecule has 3 aromatic rings. The number of rotatable bonds is 2. The molecule has 0 spiro atoms. The van der Waals surface area contributed by atoms with Gasteiger partial charge >= 0.3 is 6.36 Å². The minimum absolute atomic E-state index is 0.0286. The Hall–Kier alpha value is -1.62. The molecule has 0 aliphatic rings. The van der Waals surface area contributed by atoms with E-state index in [1.165, 1.54) is 12.1 Å². The summed E-state index contributed by atoms with van der Waals surface area (Å²) in [5, 5.41) is 9.69. The summed E-state index contributed by atoms with van der Waals surface area (Å²) < 4.78 is 45.2. The number of aromatic nitrogens is 1. The number of anilines is 1. The molecule has 0 radical (unpaired) electrons. The molecule has 12 heteroatoms. The van der Waals surface area contributed by atoms with Crippen LogP contribution in [0.3, 0.4) is 0 Å². The highest BCUT2D eigenvalue weighted by Crippen LogP contribution is 2.41. The summed E-state index contributed by atoms with van der Waals surface area (Å²) in [4.78, 5) is 2.66. The third kappa shape index (κ3) is 5.47. The summed E-state index contributed by atoms with van der Waals surface area (Å²) in [6, 6.07) is 4.49. The van der Waals surface area contributed by atoms with Gasteiger partial charge in [0.15, 0.2) is 11.3 Å². The summed E-state index contributed by atoms with van der Waals surface area (Å²) in [6.07, 6.45) is -4.11. The van der Waals surface area contributed by atoms with E-state index in [9.17, 15) is 18.3 Å². The van der Waals surface area contributed by atoms with Gasteiger partial charge in [0.05, 0.1) is 16.2 Å². The first-order chi connectivity index (χ1) is 12.9. The number of benzene rings is 2. The molecule has 0 bridgehead atoms. The van der Waals surface area contributed by atoms with E-state index in [2.05, 4.69) is 25.7 Å². The number of halogens is 6. The zero-order valence-electron chi connectivity index (χ0n) is 14.0. The van der Waals surface area contributed by atoms with Crippen molar-refractivity contribution in [1.29, 1.82) is 0 Å². The lowest BCUT2D eigenvalue weighted by Gasteiger charge is -2.11. The van der Waals surface area contributed by atoms with Gasteiger partial charge in [-0.25, -0.2) is 0 Å². The fourth-order valence-electron chi connectivity index (χ4n) is 2.16. The van der Waals surface area contributed by atoms with Crippen molar-refractivity contribution < 1.29 is 27.4 Å². The number of nitrogen functional groups attached to an aromatic ring is 1. The predicted molar refractivity (Wildman–Crippen MR) is 108 cm³/mol. The maximum absolute atomic E-state index is 12.1. The van der Waals surface area contributed by atoms with Crippen LogP contribution in [-0.2, 0) is 6.42 Å². The summed E-state index contributed by atoms with van der Waals surface area (Å²) in [5.41, 5.74) is 7.08. The molecule has 0 aliphatic carbocycles. The number of nitrogens with two attached hydrogens (primary N) is 1. The number of alkyl halides is 3. The van der Waals surface area contributed by atoms with Crippen molar-refractivity contribution in [3.63, 3.8) is 0 Å². The van der Waals surface area contributed by atoms with Crippen LogP contribution in [0.2, 0.25) is 10.0 Å². The first-order valence-corrected chi connectivity index (χ1v) is 9.42. The van der Waals surface area contributed by atoms with Crippen molar-refractivity contribution >= 4 is 68.1 Å². The van der Waals surface area contributed by atoms with Gasteiger partial charge in [0.25, 0.3) is 4.84 Å². The standard InChI is InChI=1S/C8H2BrClF3NO2S.C8H10ClNO/c9-4-5(16-8(11,12)13)2(10)1-3-6(4)15-7(17)14-3;1-2-5-3-6(9)4-7(10)8(5)11/h1H,(H,14,17);3-4,11H,2,10H2,1H3. The number of ether oxygens (including phenoxy) is 1. The van der Waals surface area contributed by atoms with E-state index < -0.39 is 12.1 Å². The third-order valence-electron chi connectivity index (χ3n) is 3.34. The van der Waals surface area contributed by atoms with Gasteiger partial charge in [-0.15, -0.1) is 13.2 Å². The zero-order valence-corrected chi connectivity index (χ0v) is 17.9. The average Bonchev–Trinajstić information content (AvgIpc) is 2.95. The number of aryl methyl sites for hydroxylation is 1. The van der Waals surface area contributed by atoms with Crippen molar-refractivity contribution in [3.05, 3.63) is 43.1 Å². The van der Waals surface area contributed by atoms with Gasteiger partial charge < -0.3 is 25.0 Å². The van der Waals surface area contributed by atoms with Crippen molar-refractivity contribution in [1.82, 2.24) is 4.98 Å². The first kappa shape index (κ1) is 22.7. The number of hydrogen-bond acceptors (Lipinski definition) is 5. The minimum Gasteiger partial charge on any atom is -0.506 e. The number of fused-ring (bicyclic) bond motifs is 1. The Morgan fingerprint density at radius 3 is 2.54 bits per heavy atom. The Kier molecular flexibility index (Phi) is 7.13. The van der Waals surface area contributed by atoms with Crippen molar-refractivity contribution in [2.75, 3.05) is 5.73 Å². The Labute approximate surface area is 180 Å².